The van der Waals surface area contributed by atoms with Gasteiger partial charge in [0.2, 0.25) is 5.95 Å². The molecular weight excluding hydrogens is 470 g/mol. The van der Waals surface area contributed by atoms with E-state index in [-0.39, 0.29) is 5.56 Å². The molecule has 1 N–H and O–H groups in total. The van der Waals surface area contributed by atoms with E-state index in [4.69, 9.17) is 15.0 Å². The van der Waals surface area contributed by atoms with Crippen LogP contribution in [0.3, 0.4) is 0 Å². The highest BCUT2D eigenvalue weighted by Crippen LogP contribution is 2.36. The van der Waals surface area contributed by atoms with Crippen molar-refractivity contribution in [2.75, 3.05) is 0 Å². The van der Waals surface area contributed by atoms with Crippen LogP contribution in [0.4, 0.5) is 0 Å². The number of aromatic nitrogens is 5. The Morgan fingerprint density at radius 1 is 0.737 bits per heavy atom. The standard InChI is InChI=1S/C32H23N5O/c38-31-28-27(25(20-33-31)21-12-4-1-5-13-21)24-18-10-11-19-26(24)37(28)32-35-29(22-14-6-2-7-15-22)34-30(36-32)23-16-8-3-9-17-23/h2-4,6-20H,1,5H2,(H,33,38). The van der Waals surface area contributed by atoms with Crippen molar-refractivity contribution >= 4 is 27.4 Å². The van der Waals surface area contributed by atoms with Crippen molar-refractivity contribution in [3.63, 3.8) is 0 Å². The Kier molecular flexibility index (Phi) is 5.29. The molecule has 0 radical (unpaired) electrons. The predicted octanol–water partition coefficient (Wildman–Crippen LogP) is 6.72. The zero-order valence-electron chi connectivity index (χ0n) is 20.5. The largest absolute Gasteiger partial charge is 0.327 e. The molecule has 1 aliphatic rings. The van der Waals surface area contributed by atoms with Gasteiger partial charge in [0, 0.05) is 33.7 Å². The van der Waals surface area contributed by atoms with E-state index in [0.29, 0.717) is 23.1 Å². The van der Waals surface area contributed by atoms with E-state index in [2.05, 4.69) is 29.3 Å². The number of hydrogen-bond acceptors (Lipinski definition) is 4. The van der Waals surface area contributed by atoms with Gasteiger partial charge in [-0.3, -0.25) is 9.36 Å². The summed E-state index contributed by atoms with van der Waals surface area (Å²) in [5.41, 5.74) is 5.04. The van der Waals surface area contributed by atoms with Crippen molar-refractivity contribution in [3.8, 4) is 28.7 Å². The van der Waals surface area contributed by atoms with Crippen LogP contribution in [0.2, 0.25) is 0 Å². The van der Waals surface area contributed by atoms with Crippen LogP contribution >= 0.6 is 0 Å². The number of rotatable bonds is 4. The first-order valence-corrected chi connectivity index (χ1v) is 12.7. The third kappa shape index (κ3) is 3.66. The lowest BCUT2D eigenvalue weighted by Gasteiger charge is -2.11. The summed E-state index contributed by atoms with van der Waals surface area (Å²) < 4.78 is 1.88. The summed E-state index contributed by atoms with van der Waals surface area (Å²) in [5, 5.41) is 1.87. The van der Waals surface area contributed by atoms with Gasteiger partial charge in [-0.2, -0.15) is 9.97 Å². The normalized spacial score (nSPS) is 13.2. The minimum Gasteiger partial charge on any atom is -0.327 e. The van der Waals surface area contributed by atoms with Crippen molar-refractivity contribution in [3.05, 3.63) is 125 Å². The molecule has 0 saturated heterocycles. The van der Waals surface area contributed by atoms with E-state index in [1.54, 1.807) is 0 Å². The maximum Gasteiger partial charge on any atom is 0.272 e. The zero-order chi connectivity index (χ0) is 25.5. The van der Waals surface area contributed by atoms with E-state index in [9.17, 15) is 4.79 Å². The number of hydrogen-bond donors (Lipinski definition) is 1. The summed E-state index contributed by atoms with van der Waals surface area (Å²) in [6, 6.07) is 27.7. The molecule has 3 heterocycles. The first kappa shape index (κ1) is 22.1. The topological polar surface area (TPSA) is 76.5 Å². The van der Waals surface area contributed by atoms with Crippen molar-refractivity contribution in [2.45, 2.75) is 12.8 Å². The van der Waals surface area contributed by atoms with Crippen LogP contribution in [0.15, 0.2) is 114 Å². The lowest BCUT2D eigenvalue weighted by atomic mass is 9.97. The lowest BCUT2D eigenvalue weighted by Crippen LogP contribution is -2.13. The average molecular weight is 494 g/mol. The zero-order valence-corrected chi connectivity index (χ0v) is 20.5. The fourth-order valence-electron chi connectivity index (χ4n) is 5.15. The summed E-state index contributed by atoms with van der Waals surface area (Å²) >= 11 is 0. The van der Waals surface area contributed by atoms with Crippen LogP contribution in [0.1, 0.15) is 18.4 Å². The monoisotopic (exact) mass is 493 g/mol. The number of fused-ring (bicyclic) bond motifs is 3. The number of allylic oxidation sites excluding steroid dienone is 4. The van der Waals surface area contributed by atoms with Gasteiger partial charge >= 0.3 is 0 Å². The summed E-state index contributed by atoms with van der Waals surface area (Å²) in [6.07, 6.45) is 10.3. The second kappa shape index (κ2) is 9.09. The molecule has 6 aromatic rings. The van der Waals surface area contributed by atoms with Crippen LogP contribution < -0.4 is 5.56 Å². The van der Waals surface area contributed by atoms with Gasteiger partial charge in [-0.1, -0.05) is 97.1 Å². The molecule has 0 bridgehead atoms. The van der Waals surface area contributed by atoms with Crippen LogP contribution in [0.5, 0.6) is 0 Å². The smallest absolute Gasteiger partial charge is 0.272 e. The van der Waals surface area contributed by atoms with Crippen LogP contribution in [0, 0.1) is 0 Å². The fraction of sp³-hybridized carbons (Fsp3) is 0.0625. The first-order chi connectivity index (χ1) is 18.8. The van der Waals surface area contributed by atoms with Gasteiger partial charge < -0.3 is 4.98 Å². The second-order valence-electron chi connectivity index (χ2n) is 9.26. The van der Waals surface area contributed by atoms with Gasteiger partial charge in [0.1, 0.15) is 5.52 Å². The van der Waals surface area contributed by atoms with Crippen LogP contribution in [-0.2, 0) is 0 Å². The summed E-state index contributed by atoms with van der Waals surface area (Å²) in [6.45, 7) is 0. The van der Waals surface area contributed by atoms with E-state index in [1.165, 1.54) is 0 Å². The molecule has 1 aliphatic carbocycles. The van der Waals surface area contributed by atoms with Crippen LogP contribution in [0.25, 0.3) is 56.1 Å². The van der Waals surface area contributed by atoms with Gasteiger partial charge in [0.25, 0.3) is 5.56 Å². The van der Waals surface area contributed by atoms with Gasteiger partial charge in [0.05, 0.1) is 5.52 Å². The third-order valence-electron chi connectivity index (χ3n) is 6.90. The summed E-state index contributed by atoms with van der Waals surface area (Å²) in [4.78, 5) is 31.1. The average Bonchev–Trinajstić information content (AvgIpc) is 3.35. The maximum absolute atomic E-state index is 13.5. The Hall–Kier alpha value is -5.10. The highest BCUT2D eigenvalue weighted by atomic mass is 16.1. The van der Waals surface area contributed by atoms with Crippen molar-refractivity contribution in [1.29, 1.82) is 0 Å². The number of pyridine rings is 1. The van der Waals surface area contributed by atoms with E-state index in [1.807, 2.05) is 89.6 Å². The minimum atomic E-state index is -0.191. The Labute approximate surface area is 218 Å². The number of para-hydroxylation sites is 1. The molecule has 6 heteroatoms. The van der Waals surface area contributed by atoms with Gasteiger partial charge in [0.15, 0.2) is 11.6 Å². The molecule has 0 unspecified atom stereocenters. The molecule has 0 amide bonds. The number of aromatic amines is 1. The fourth-order valence-corrected chi connectivity index (χ4v) is 5.15. The molecule has 6 nitrogen and oxygen atoms in total. The molecule has 0 fully saturated rings. The van der Waals surface area contributed by atoms with Gasteiger partial charge in [-0.05, 0) is 24.5 Å². The molecule has 182 valence electrons. The first-order valence-electron chi connectivity index (χ1n) is 12.7. The molecule has 38 heavy (non-hydrogen) atoms. The highest BCUT2D eigenvalue weighted by molar-refractivity contribution is 6.13. The molecule has 0 aliphatic heterocycles. The Bertz CT molecular complexity index is 1870. The van der Waals surface area contributed by atoms with Crippen LogP contribution in [-0.4, -0.2) is 24.5 Å². The number of nitrogens with one attached hydrogen (secondary N) is 1. The lowest BCUT2D eigenvalue weighted by molar-refractivity contribution is 0.948. The molecule has 0 spiro atoms. The molecule has 3 aromatic heterocycles. The number of H-pyrrole nitrogens is 1. The predicted molar refractivity (Wildman–Crippen MR) is 152 cm³/mol. The third-order valence-corrected chi connectivity index (χ3v) is 6.90. The van der Waals surface area contributed by atoms with Gasteiger partial charge in [-0.25, -0.2) is 4.98 Å². The molecule has 7 rings (SSSR count). The Morgan fingerprint density at radius 2 is 1.39 bits per heavy atom. The summed E-state index contributed by atoms with van der Waals surface area (Å²) in [7, 11) is 0. The molecule has 0 atom stereocenters. The van der Waals surface area contributed by atoms with E-state index >= 15 is 0 Å². The number of benzene rings is 3. The second-order valence-corrected chi connectivity index (χ2v) is 9.26. The highest BCUT2D eigenvalue weighted by Gasteiger charge is 2.22. The van der Waals surface area contributed by atoms with Crippen molar-refractivity contribution in [2.24, 2.45) is 0 Å². The Balaban J connectivity index is 1.59. The maximum atomic E-state index is 13.5. The van der Waals surface area contributed by atoms with E-state index in [0.717, 1.165) is 51.4 Å². The number of nitrogens with zero attached hydrogens (tertiary/aromatic N) is 4. The summed E-state index contributed by atoms with van der Waals surface area (Å²) in [5.74, 6) is 1.50. The van der Waals surface area contributed by atoms with E-state index < -0.39 is 0 Å². The van der Waals surface area contributed by atoms with Gasteiger partial charge in [-0.15, -0.1) is 0 Å². The molecule has 3 aromatic carbocycles. The quantitative estimate of drug-likeness (QED) is 0.296. The van der Waals surface area contributed by atoms with Crippen molar-refractivity contribution in [1.82, 2.24) is 24.5 Å². The Morgan fingerprint density at radius 3 is 2.05 bits per heavy atom. The molecular formula is C32H23N5O. The van der Waals surface area contributed by atoms with Crippen molar-refractivity contribution < 1.29 is 0 Å². The molecule has 0 saturated carbocycles. The SMILES string of the molecule is O=c1[nH]cc(C2=CCCC=C2)c2c3ccccc3n(-c3nc(-c4ccccc4)nc(-c4ccccc4)n3)c12. The minimum absolute atomic E-state index is 0.191.